The number of hydrogen-bond donors (Lipinski definition) is 1. The molecule has 0 aliphatic rings. The summed E-state index contributed by atoms with van der Waals surface area (Å²) in [5.74, 6) is 3.61. The van der Waals surface area contributed by atoms with Crippen LogP contribution in [0, 0.1) is 13.8 Å². The Morgan fingerprint density at radius 3 is 2.60 bits per heavy atom. The van der Waals surface area contributed by atoms with E-state index in [4.69, 9.17) is 4.74 Å². The lowest BCUT2D eigenvalue weighted by molar-refractivity contribution is 0.128. The number of aryl methyl sites for hydroxylation is 2. The first kappa shape index (κ1) is 14.4. The quantitative estimate of drug-likeness (QED) is 0.864. The first-order valence-electron chi connectivity index (χ1n) is 6.74. The maximum Gasteiger partial charge on any atom is 0.161 e. The lowest BCUT2D eigenvalue weighted by Crippen LogP contribution is -2.10. The minimum absolute atomic E-state index is 0.384. The number of nitrogens with one attached hydrogen (secondary N) is 1. The summed E-state index contributed by atoms with van der Waals surface area (Å²) in [6, 6.07) is 1.86. The van der Waals surface area contributed by atoms with Gasteiger partial charge in [0, 0.05) is 19.2 Å². The Bertz CT molecular complexity index is 580. The van der Waals surface area contributed by atoms with Crippen molar-refractivity contribution in [3.05, 3.63) is 23.5 Å². The van der Waals surface area contributed by atoms with Gasteiger partial charge in [-0.15, -0.1) is 5.10 Å². The van der Waals surface area contributed by atoms with E-state index in [1.807, 2.05) is 33.8 Å². The fourth-order valence-electron chi connectivity index (χ4n) is 1.86. The molecule has 0 aliphatic carbocycles. The van der Waals surface area contributed by atoms with Crippen LogP contribution in [0.5, 0.6) is 0 Å². The van der Waals surface area contributed by atoms with Gasteiger partial charge in [0.1, 0.15) is 24.1 Å². The molecule has 20 heavy (non-hydrogen) atoms. The monoisotopic (exact) mass is 276 g/mol. The third-order valence-corrected chi connectivity index (χ3v) is 2.64. The molecule has 2 aromatic rings. The zero-order valence-electron chi connectivity index (χ0n) is 12.3. The van der Waals surface area contributed by atoms with Crippen LogP contribution in [0.3, 0.4) is 0 Å². The number of ether oxygens (including phenoxy) is 1. The Balaban J connectivity index is 2.40. The Morgan fingerprint density at radius 2 is 2.00 bits per heavy atom. The summed E-state index contributed by atoms with van der Waals surface area (Å²) in [5, 5.41) is 7.54. The van der Waals surface area contributed by atoms with E-state index in [1.54, 1.807) is 4.68 Å². The zero-order valence-corrected chi connectivity index (χ0v) is 12.3. The molecule has 0 saturated carbocycles. The molecule has 0 unspecified atom stereocenters. The second-order valence-corrected chi connectivity index (χ2v) is 4.31. The van der Waals surface area contributed by atoms with Crippen LogP contribution in [0.1, 0.15) is 31.3 Å². The van der Waals surface area contributed by atoms with E-state index >= 15 is 0 Å². The summed E-state index contributed by atoms with van der Waals surface area (Å²) in [5.41, 5.74) is 0. The van der Waals surface area contributed by atoms with Crippen LogP contribution in [-0.2, 0) is 11.3 Å². The first-order valence-corrected chi connectivity index (χ1v) is 6.74. The summed E-state index contributed by atoms with van der Waals surface area (Å²) >= 11 is 0. The SMILES string of the molecule is CCNc1cc(-n2nc(C)nc2C)nc(COCC)n1. The minimum atomic E-state index is 0.384. The van der Waals surface area contributed by atoms with Crippen molar-refractivity contribution in [3.8, 4) is 5.82 Å². The van der Waals surface area contributed by atoms with Gasteiger partial charge in [-0.05, 0) is 27.7 Å². The van der Waals surface area contributed by atoms with Crippen molar-refractivity contribution in [1.82, 2.24) is 24.7 Å². The molecule has 0 atom stereocenters. The van der Waals surface area contributed by atoms with Gasteiger partial charge < -0.3 is 10.1 Å². The largest absolute Gasteiger partial charge is 0.374 e. The van der Waals surface area contributed by atoms with E-state index in [0.29, 0.717) is 24.9 Å². The van der Waals surface area contributed by atoms with Crippen LogP contribution in [0.4, 0.5) is 5.82 Å². The highest BCUT2D eigenvalue weighted by Crippen LogP contribution is 2.13. The van der Waals surface area contributed by atoms with E-state index in [-0.39, 0.29) is 0 Å². The molecule has 0 aliphatic heterocycles. The molecule has 0 fully saturated rings. The van der Waals surface area contributed by atoms with Crippen LogP contribution < -0.4 is 5.32 Å². The van der Waals surface area contributed by atoms with Gasteiger partial charge in [0.25, 0.3) is 0 Å². The number of hydrogen-bond acceptors (Lipinski definition) is 6. The molecule has 0 bridgehead atoms. The fourth-order valence-corrected chi connectivity index (χ4v) is 1.86. The molecule has 2 rings (SSSR count). The van der Waals surface area contributed by atoms with E-state index in [1.165, 1.54) is 0 Å². The summed E-state index contributed by atoms with van der Waals surface area (Å²) in [6.45, 7) is 9.53. The van der Waals surface area contributed by atoms with Crippen LogP contribution >= 0.6 is 0 Å². The number of nitrogens with zero attached hydrogens (tertiary/aromatic N) is 5. The molecular formula is C13H20N6O. The van der Waals surface area contributed by atoms with Gasteiger partial charge in [-0.25, -0.2) is 15.0 Å². The van der Waals surface area contributed by atoms with Crippen molar-refractivity contribution < 1.29 is 4.74 Å². The highest BCUT2D eigenvalue weighted by atomic mass is 16.5. The lowest BCUT2D eigenvalue weighted by atomic mass is 10.4. The van der Waals surface area contributed by atoms with Gasteiger partial charge in [0.15, 0.2) is 11.6 Å². The standard InChI is InChI=1S/C13H20N6O/c1-5-14-11-7-13(17-12(16-11)8-20-6-2)19-10(4)15-9(3)18-19/h7H,5-6,8H2,1-4H3,(H,14,16,17). The van der Waals surface area contributed by atoms with Crippen LogP contribution in [0.2, 0.25) is 0 Å². The maximum atomic E-state index is 5.38. The minimum Gasteiger partial charge on any atom is -0.374 e. The van der Waals surface area contributed by atoms with Gasteiger partial charge in [0.05, 0.1) is 0 Å². The molecule has 0 spiro atoms. The molecule has 0 radical (unpaired) electrons. The topological polar surface area (TPSA) is 77.8 Å². The van der Waals surface area contributed by atoms with Gasteiger partial charge in [-0.1, -0.05) is 0 Å². The highest BCUT2D eigenvalue weighted by Gasteiger charge is 2.10. The smallest absolute Gasteiger partial charge is 0.161 e. The first-order chi connectivity index (χ1) is 9.63. The van der Waals surface area contributed by atoms with Crippen molar-refractivity contribution >= 4 is 5.82 Å². The van der Waals surface area contributed by atoms with Gasteiger partial charge in [0.2, 0.25) is 0 Å². The molecule has 108 valence electrons. The molecule has 7 heteroatoms. The fraction of sp³-hybridized carbons (Fsp3) is 0.538. The van der Waals surface area contributed by atoms with Crippen molar-refractivity contribution in [3.63, 3.8) is 0 Å². The molecule has 2 heterocycles. The summed E-state index contributed by atoms with van der Waals surface area (Å²) in [4.78, 5) is 13.2. The summed E-state index contributed by atoms with van der Waals surface area (Å²) in [6.07, 6.45) is 0. The average Bonchev–Trinajstić information content (AvgIpc) is 2.75. The second-order valence-electron chi connectivity index (χ2n) is 4.31. The third kappa shape index (κ3) is 3.30. The Morgan fingerprint density at radius 1 is 1.20 bits per heavy atom. The average molecular weight is 276 g/mol. The van der Waals surface area contributed by atoms with Crippen LogP contribution in [0.15, 0.2) is 6.07 Å². The van der Waals surface area contributed by atoms with Crippen LogP contribution in [0.25, 0.3) is 5.82 Å². The summed E-state index contributed by atoms with van der Waals surface area (Å²) < 4.78 is 7.10. The lowest BCUT2D eigenvalue weighted by Gasteiger charge is -2.09. The maximum absolute atomic E-state index is 5.38. The van der Waals surface area contributed by atoms with Gasteiger partial charge in [-0.3, -0.25) is 0 Å². The number of anilines is 1. The van der Waals surface area contributed by atoms with Crippen molar-refractivity contribution in [2.75, 3.05) is 18.5 Å². The third-order valence-electron chi connectivity index (χ3n) is 2.64. The molecule has 7 nitrogen and oxygen atoms in total. The van der Waals surface area contributed by atoms with Crippen molar-refractivity contribution in [2.45, 2.75) is 34.3 Å². The molecule has 0 amide bonds. The second kappa shape index (κ2) is 6.42. The number of aromatic nitrogens is 5. The molecule has 2 aromatic heterocycles. The molecule has 0 saturated heterocycles. The van der Waals surface area contributed by atoms with Crippen molar-refractivity contribution in [1.29, 1.82) is 0 Å². The van der Waals surface area contributed by atoms with E-state index in [0.717, 1.165) is 24.0 Å². The van der Waals surface area contributed by atoms with Gasteiger partial charge in [-0.2, -0.15) is 4.68 Å². The Labute approximate surface area is 118 Å². The molecule has 1 N–H and O–H groups in total. The number of rotatable bonds is 6. The molecular weight excluding hydrogens is 256 g/mol. The molecule has 0 aromatic carbocycles. The Hall–Kier alpha value is -2.02. The van der Waals surface area contributed by atoms with E-state index in [9.17, 15) is 0 Å². The van der Waals surface area contributed by atoms with E-state index < -0.39 is 0 Å². The summed E-state index contributed by atoms with van der Waals surface area (Å²) in [7, 11) is 0. The van der Waals surface area contributed by atoms with Crippen molar-refractivity contribution in [2.24, 2.45) is 0 Å². The van der Waals surface area contributed by atoms with Crippen LogP contribution in [-0.4, -0.2) is 37.9 Å². The predicted molar refractivity (Wildman–Crippen MR) is 75.9 cm³/mol. The van der Waals surface area contributed by atoms with Gasteiger partial charge >= 0.3 is 0 Å². The highest BCUT2D eigenvalue weighted by molar-refractivity contribution is 5.41. The predicted octanol–water partition coefficient (Wildman–Crippen LogP) is 1.64. The normalized spacial score (nSPS) is 10.8. The van der Waals surface area contributed by atoms with E-state index in [2.05, 4.69) is 25.4 Å². The Kier molecular flexibility index (Phi) is 4.62. The zero-order chi connectivity index (χ0) is 14.5.